The maximum absolute atomic E-state index is 5.15. The molecule has 106 valence electrons. The fraction of sp³-hybridized carbons (Fsp3) is 0.312. The van der Waals surface area contributed by atoms with Gasteiger partial charge in [-0.25, -0.2) is 4.98 Å². The van der Waals surface area contributed by atoms with Gasteiger partial charge in [0, 0.05) is 19.3 Å². The minimum Gasteiger partial charge on any atom is -0.384 e. The predicted octanol–water partition coefficient (Wildman–Crippen LogP) is 3.45. The van der Waals surface area contributed by atoms with E-state index in [0.29, 0.717) is 6.61 Å². The molecule has 0 aliphatic rings. The second-order valence-electron chi connectivity index (χ2n) is 4.46. The number of hydrogen-bond acceptors (Lipinski definition) is 4. The molecule has 4 heteroatoms. The monoisotopic (exact) mass is 271 g/mol. The highest BCUT2D eigenvalue weighted by Gasteiger charge is 2.03. The van der Waals surface area contributed by atoms with Crippen LogP contribution < -0.4 is 10.6 Å². The fourth-order valence-electron chi connectivity index (χ4n) is 1.99. The van der Waals surface area contributed by atoms with Gasteiger partial charge >= 0.3 is 0 Å². The topological polar surface area (TPSA) is 46.2 Å². The molecule has 0 aliphatic carbocycles. The number of aromatic nitrogens is 1. The van der Waals surface area contributed by atoms with Crippen LogP contribution in [0.1, 0.15) is 12.5 Å². The SMILES string of the molecule is CCNc1cccc(Nc2ccccc2CCOC)n1. The highest BCUT2D eigenvalue weighted by molar-refractivity contribution is 5.61. The van der Waals surface area contributed by atoms with Crippen molar-refractivity contribution in [2.45, 2.75) is 13.3 Å². The molecule has 0 saturated heterocycles. The van der Waals surface area contributed by atoms with Crippen molar-refractivity contribution in [2.75, 3.05) is 30.9 Å². The van der Waals surface area contributed by atoms with Crippen LogP contribution in [0.25, 0.3) is 0 Å². The Morgan fingerprint density at radius 2 is 1.85 bits per heavy atom. The summed E-state index contributed by atoms with van der Waals surface area (Å²) >= 11 is 0. The largest absolute Gasteiger partial charge is 0.384 e. The van der Waals surface area contributed by atoms with Gasteiger partial charge in [-0.3, -0.25) is 0 Å². The first-order chi connectivity index (χ1) is 9.83. The first-order valence-electron chi connectivity index (χ1n) is 6.88. The van der Waals surface area contributed by atoms with Gasteiger partial charge in [-0.2, -0.15) is 0 Å². The molecule has 0 radical (unpaired) electrons. The lowest BCUT2D eigenvalue weighted by Crippen LogP contribution is -2.03. The van der Waals surface area contributed by atoms with E-state index in [-0.39, 0.29) is 0 Å². The van der Waals surface area contributed by atoms with Gasteiger partial charge in [0.15, 0.2) is 0 Å². The second kappa shape index (κ2) is 7.50. The van der Waals surface area contributed by atoms with E-state index >= 15 is 0 Å². The first-order valence-corrected chi connectivity index (χ1v) is 6.88. The van der Waals surface area contributed by atoms with Crippen LogP contribution in [0.15, 0.2) is 42.5 Å². The average Bonchev–Trinajstić information content (AvgIpc) is 2.47. The van der Waals surface area contributed by atoms with E-state index in [0.717, 1.165) is 30.3 Å². The Morgan fingerprint density at radius 1 is 1.05 bits per heavy atom. The van der Waals surface area contributed by atoms with Crippen molar-refractivity contribution in [3.8, 4) is 0 Å². The van der Waals surface area contributed by atoms with E-state index in [9.17, 15) is 0 Å². The summed E-state index contributed by atoms with van der Waals surface area (Å²) in [7, 11) is 1.72. The van der Waals surface area contributed by atoms with Crippen LogP contribution in [-0.4, -0.2) is 25.2 Å². The number of benzene rings is 1. The molecule has 2 rings (SSSR count). The molecule has 2 aromatic rings. The third kappa shape index (κ3) is 3.96. The third-order valence-corrected chi connectivity index (χ3v) is 2.96. The molecule has 1 heterocycles. The van der Waals surface area contributed by atoms with Crippen LogP contribution in [0.5, 0.6) is 0 Å². The molecule has 0 amide bonds. The maximum atomic E-state index is 5.15. The van der Waals surface area contributed by atoms with E-state index in [2.05, 4.69) is 34.7 Å². The van der Waals surface area contributed by atoms with Crippen LogP contribution in [0.3, 0.4) is 0 Å². The summed E-state index contributed by atoms with van der Waals surface area (Å²) < 4.78 is 5.15. The van der Waals surface area contributed by atoms with Crippen LogP contribution in [-0.2, 0) is 11.2 Å². The Labute approximate surface area is 120 Å². The molecule has 0 aliphatic heterocycles. The van der Waals surface area contributed by atoms with E-state index in [1.165, 1.54) is 5.56 Å². The Kier molecular flexibility index (Phi) is 5.38. The van der Waals surface area contributed by atoms with Crippen LogP contribution in [0, 0.1) is 0 Å². The lowest BCUT2D eigenvalue weighted by atomic mass is 10.1. The van der Waals surface area contributed by atoms with Gasteiger partial charge in [-0.15, -0.1) is 0 Å². The third-order valence-electron chi connectivity index (χ3n) is 2.96. The first kappa shape index (κ1) is 14.3. The molecule has 0 fully saturated rings. The quantitative estimate of drug-likeness (QED) is 0.809. The number of pyridine rings is 1. The van der Waals surface area contributed by atoms with Gasteiger partial charge in [0.2, 0.25) is 0 Å². The number of para-hydroxylation sites is 1. The molecule has 0 bridgehead atoms. The van der Waals surface area contributed by atoms with Gasteiger partial charge in [-0.1, -0.05) is 24.3 Å². The summed E-state index contributed by atoms with van der Waals surface area (Å²) in [5.41, 5.74) is 2.30. The predicted molar refractivity (Wildman–Crippen MR) is 83.7 cm³/mol. The van der Waals surface area contributed by atoms with Gasteiger partial charge in [0.1, 0.15) is 11.6 Å². The number of hydrogen-bond donors (Lipinski definition) is 2. The summed E-state index contributed by atoms with van der Waals surface area (Å²) in [6.07, 6.45) is 0.882. The molecule has 0 unspecified atom stereocenters. The van der Waals surface area contributed by atoms with Crippen molar-refractivity contribution in [3.63, 3.8) is 0 Å². The van der Waals surface area contributed by atoms with Gasteiger partial charge in [-0.05, 0) is 37.1 Å². The fourth-order valence-corrected chi connectivity index (χ4v) is 1.99. The molecule has 20 heavy (non-hydrogen) atoms. The summed E-state index contributed by atoms with van der Waals surface area (Å²) in [5.74, 6) is 1.72. The zero-order chi connectivity index (χ0) is 14.2. The zero-order valence-electron chi connectivity index (χ0n) is 12.0. The highest BCUT2D eigenvalue weighted by Crippen LogP contribution is 2.21. The molecule has 0 atom stereocenters. The number of anilines is 3. The van der Waals surface area contributed by atoms with Crippen molar-refractivity contribution in [1.29, 1.82) is 0 Å². The smallest absolute Gasteiger partial charge is 0.132 e. The van der Waals surface area contributed by atoms with Crippen molar-refractivity contribution in [3.05, 3.63) is 48.0 Å². The summed E-state index contributed by atoms with van der Waals surface area (Å²) in [5, 5.41) is 6.59. The van der Waals surface area contributed by atoms with E-state index in [1.807, 2.05) is 30.3 Å². The number of methoxy groups -OCH3 is 1. The Bertz CT molecular complexity index is 543. The molecule has 4 nitrogen and oxygen atoms in total. The maximum Gasteiger partial charge on any atom is 0.132 e. The zero-order valence-corrected chi connectivity index (χ0v) is 12.0. The molecule has 0 saturated carbocycles. The number of ether oxygens (including phenoxy) is 1. The molecule has 0 spiro atoms. The number of nitrogens with one attached hydrogen (secondary N) is 2. The van der Waals surface area contributed by atoms with Crippen LogP contribution in [0.2, 0.25) is 0 Å². The lowest BCUT2D eigenvalue weighted by Gasteiger charge is -2.12. The van der Waals surface area contributed by atoms with Crippen molar-refractivity contribution < 1.29 is 4.74 Å². The van der Waals surface area contributed by atoms with Crippen molar-refractivity contribution in [1.82, 2.24) is 4.98 Å². The number of rotatable bonds is 7. The van der Waals surface area contributed by atoms with Gasteiger partial charge in [0.05, 0.1) is 6.61 Å². The Hall–Kier alpha value is -2.07. The van der Waals surface area contributed by atoms with Crippen LogP contribution >= 0.6 is 0 Å². The molecular formula is C16H21N3O. The number of nitrogens with zero attached hydrogens (tertiary/aromatic N) is 1. The Balaban J connectivity index is 2.14. The highest BCUT2D eigenvalue weighted by atomic mass is 16.5. The summed E-state index contributed by atoms with van der Waals surface area (Å²) in [6.45, 7) is 3.63. The normalized spacial score (nSPS) is 10.3. The van der Waals surface area contributed by atoms with Gasteiger partial charge < -0.3 is 15.4 Å². The van der Waals surface area contributed by atoms with E-state index < -0.39 is 0 Å². The average molecular weight is 271 g/mol. The van der Waals surface area contributed by atoms with Crippen molar-refractivity contribution >= 4 is 17.3 Å². The summed E-state index contributed by atoms with van der Waals surface area (Å²) in [6, 6.07) is 14.2. The summed E-state index contributed by atoms with van der Waals surface area (Å²) in [4.78, 5) is 4.53. The molecule has 1 aromatic carbocycles. The molecule has 1 aromatic heterocycles. The standard InChI is InChI=1S/C16H21N3O/c1-3-17-15-9-6-10-16(19-15)18-14-8-5-4-7-13(14)11-12-20-2/h4-10H,3,11-12H2,1-2H3,(H2,17,18,19). The van der Waals surface area contributed by atoms with Gasteiger partial charge in [0.25, 0.3) is 0 Å². The minimum absolute atomic E-state index is 0.712. The van der Waals surface area contributed by atoms with Crippen molar-refractivity contribution in [2.24, 2.45) is 0 Å². The second-order valence-corrected chi connectivity index (χ2v) is 4.46. The van der Waals surface area contributed by atoms with E-state index in [4.69, 9.17) is 4.74 Å². The molecule has 2 N–H and O–H groups in total. The van der Waals surface area contributed by atoms with E-state index in [1.54, 1.807) is 7.11 Å². The van der Waals surface area contributed by atoms with Crippen LogP contribution in [0.4, 0.5) is 17.3 Å². The Morgan fingerprint density at radius 3 is 2.65 bits per heavy atom. The lowest BCUT2D eigenvalue weighted by molar-refractivity contribution is 0.202. The minimum atomic E-state index is 0.712. The molecular weight excluding hydrogens is 250 g/mol.